The zero-order valence-corrected chi connectivity index (χ0v) is 19.1. The summed E-state index contributed by atoms with van der Waals surface area (Å²) in [5.74, 6) is -0.151. The quantitative estimate of drug-likeness (QED) is 0.284. The lowest BCUT2D eigenvalue weighted by atomic mass is 10.0. The number of nitrogens with zero attached hydrogens (tertiary/aromatic N) is 1. The smallest absolute Gasteiger partial charge is 0.255 e. The van der Waals surface area contributed by atoms with Crippen molar-refractivity contribution >= 4 is 34.5 Å². The van der Waals surface area contributed by atoms with Crippen LogP contribution >= 0.6 is 22.9 Å². The molecule has 0 saturated heterocycles. The number of rotatable bonds is 5. The van der Waals surface area contributed by atoms with E-state index < -0.39 is 0 Å². The van der Waals surface area contributed by atoms with Crippen LogP contribution in [0.1, 0.15) is 10.4 Å². The van der Waals surface area contributed by atoms with Crippen LogP contribution < -0.4 is 5.32 Å². The maximum atomic E-state index is 12.8. The minimum Gasteiger partial charge on any atom is -0.322 e. The van der Waals surface area contributed by atoms with Gasteiger partial charge in [0.05, 0.1) is 10.7 Å². The molecule has 1 N–H and O–H groups in total. The molecule has 4 aromatic carbocycles. The topological polar surface area (TPSA) is 42.0 Å². The van der Waals surface area contributed by atoms with E-state index in [4.69, 9.17) is 16.6 Å². The van der Waals surface area contributed by atoms with Crippen LogP contribution in [0.2, 0.25) is 5.02 Å². The first-order chi connectivity index (χ1) is 16.2. The Morgan fingerprint density at radius 1 is 0.758 bits per heavy atom. The fraction of sp³-hybridized carbons (Fsp3) is 0. The predicted molar refractivity (Wildman–Crippen MR) is 138 cm³/mol. The highest BCUT2D eigenvalue weighted by Gasteiger charge is 2.11. The number of aromatic nitrogens is 1. The van der Waals surface area contributed by atoms with Gasteiger partial charge in [0, 0.05) is 27.8 Å². The Hall–Kier alpha value is -3.73. The van der Waals surface area contributed by atoms with Crippen LogP contribution in [-0.4, -0.2) is 10.9 Å². The number of hydrogen-bond acceptors (Lipinski definition) is 3. The Labute approximate surface area is 201 Å². The monoisotopic (exact) mass is 466 g/mol. The summed E-state index contributed by atoms with van der Waals surface area (Å²) in [6, 6.07) is 33.1. The van der Waals surface area contributed by atoms with E-state index >= 15 is 0 Å². The third kappa shape index (κ3) is 4.72. The SMILES string of the molecule is O=C(Nc1cccc(-c2csc(-c3ccccc3Cl)n2)c1)c1ccc(-c2ccccc2)cc1. The van der Waals surface area contributed by atoms with Gasteiger partial charge in [-0.25, -0.2) is 4.98 Å². The lowest BCUT2D eigenvalue weighted by molar-refractivity contribution is 0.102. The molecule has 0 radical (unpaired) electrons. The van der Waals surface area contributed by atoms with Crippen molar-refractivity contribution in [3.05, 3.63) is 119 Å². The van der Waals surface area contributed by atoms with Crippen molar-refractivity contribution in [1.82, 2.24) is 4.98 Å². The largest absolute Gasteiger partial charge is 0.322 e. The summed E-state index contributed by atoms with van der Waals surface area (Å²) in [6.45, 7) is 0. The molecule has 5 heteroatoms. The molecule has 33 heavy (non-hydrogen) atoms. The molecule has 0 fully saturated rings. The van der Waals surface area contributed by atoms with Crippen molar-refractivity contribution in [1.29, 1.82) is 0 Å². The van der Waals surface area contributed by atoms with Gasteiger partial charge < -0.3 is 5.32 Å². The van der Waals surface area contributed by atoms with Gasteiger partial charge in [-0.2, -0.15) is 0 Å². The number of carbonyl (C=O) groups excluding carboxylic acids is 1. The predicted octanol–water partition coefficient (Wildman–Crippen LogP) is 8.05. The van der Waals surface area contributed by atoms with E-state index in [9.17, 15) is 4.79 Å². The number of anilines is 1. The van der Waals surface area contributed by atoms with E-state index in [1.165, 1.54) is 0 Å². The highest BCUT2D eigenvalue weighted by molar-refractivity contribution is 7.13. The highest BCUT2D eigenvalue weighted by Crippen LogP contribution is 2.33. The van der Waals surface area contributed by atoms with E-state index in [1.807, 2.05) is 96.4 Å². The molecule has 0 aliphatic carbocycles. The normalized spacial score (nSPS) is 10.7. The first-order valence-electron chi connectivity index (χ1n) is 10.4. The maximum absolute atomic E-state index is 12.8. The lowest BCUT2D eigenvalue weighted by Crippen LogP contribution is -2.11. The summed E-state index contributed by atoms with van der Waals surface area (Å²) >= 11 is 7.86. The Bertz CT molecular complexity index is 1410. The molecule has 1 heterocycles. The summed E-state index contributed by atoms with van der Waals surface area (Å²) in [4.78, 5) is 17.5. The minimum absolute atomic E-state index is 0.151. The van der Waals surface area contributed by atoms with E-state index in [1.54, 1.807) is 11.3 Å². The van der Waals surface area contributed by atoms with Gasteiger partial charge in [-0.3, -0.25) is 4.79 Å². The summed E-state index contributed by atoms with van der Waals surface area (Å²) in [6.07, 6.45) is 0. The van der Waals surface area contributed by atoms with Gasteiger partial charge in [-0.1, -0.05) is 84.4 Å². The van der Waals surface area contributed by atoms with Gasteiger partial charge in [0.1, 0.15) is 5.01 Å². The number of benzene rings is 4. The molecule has 0 aliphatic rings. The Morgan fingerprint density at radius 3 is 2.24 bits per heavy atom. The third-order valence-corrected chi connectivity index (χ3v) is 6.48. The molecule has 0 unspecified atom stereocenters. The van der Waals surface area contributed by atoms with Gasteiger partial charge in [0.25, 0.3) is 5.91 Å². The first kappa shape index (κ1) is 21.1. The van der Waals surface area contributed by atoms with E-state index in [2.05, 4.69) is 17.4 Å². The van der Waals surface area contributed by atoms with Gasteiger partial charge in [-0.05, 0) is 41.5 Å². The van der Waals surface area contributed by atoms with Gasteiger partial charge in [-0.15, -0.1) is 11.3 Å². The number of hydrogen-bond donors (Lipinski definition) is 1. The standard InChI is InChI=1S/C28H19ClN2OS/c29-25-12-5-4-11-24(25)28-31-26(18-33-28)22-9-6-10-23(17-22)30-27(32)21-15-13-20(14-16-21)19-7-2-1-3-8-19/h1-18H,(H,30,32). The molecule has 5 aromatic rings. The fourth-order valence-electron chi connectivity index (χ4n) is 3.57. The Kier molecular flexibility index (Phi) is 6.03. The van der Waals surface area contributed by atoms with Gasteiger partial charge in [0.2, 0.25) is 0 Å². The number of nitrogens with one attached hydrogen (secondary N) is 1. The van der Waals surface area contributed by atoms with Crippen LogP contribution in [0.5, 0.6) is 0 Å². The van der Waals surface area contributed by atoms with Gasteiger partial charge >= 0.3 is 0 Å². The lowest BCUT2D eigenvalue weighted by Gasteiger charge is -2.08. The summed E-state index contributed by atoms with van der Waals surface area (Å²) in [5.41, 5.74) is 6.22. The molecule has 160 valence electrons. The highest BCUT2D eigenvalue weighted by atomic mass is 35.5. The number of carbonyl (C=O) groups is 1. The average Bonchev–Trinajstić information content (AvgIpc) is 3.35. The molecule has 1 amide bonds. The zero-order chi connectivity index (χ0) is 22.6. The van der Waals surface area contributed by atoms with Crippen molar-refractivity contribution in [2.24, 2.45) is 0 Å². The van der Waals surface area contributed by atoms with Crippen molar-refractivity contribution in [3.63, 3.8) is 0 Å². The first-order valence-corrected chi connectivity index (χ1v) is 11.7. The van der Waals surface area contributed by atoms with Crippen molar-refractivity contribution < 1.29 is 4.79 Å². The van der Waals surface area contributed by atoms with Gasteiger partial charge in [0.15, 0.2) is 0 Å². The fourth-order valence-corrected chi connectivity index (χ4v) is 4.72. The molecule has 0 saturated carbocycles. The van der Waals surface area contributed by atoms with Crippen LogP contribution in [-0.2, 0) is 0 Å². The third-order valence-electron chi connectivity index (χ3n) is 5.28. The van der Waals surface area contributed by atoms with Crippen molar-refractivity contribution in [3.8, 4) is 33.0 Å². The van der Waals surface area contributed by atoms with Crippen molar-refractivity contribution in [2.75, 3.05) is 5.32 Å². The summed E-state index contributed by atoms with van der Waals surface area (Å²) in [7, 11) is 0. The molecular weight excluding hydrogens is 448 g/mol. The maximum Gasteiger partial charge on any atom is 0.255 e. The second-order valence-electron chi connectivity index (χ2n) is 7.50. The van der Waals surface area contributed by atoms with Crippen LogP contribution in [0.25, 0.3) is 33.0 Å². The molecule has 3 nitrogen and oxygen atoms in total. The van der Waals surface area contributed by atoms with E-state index in [0.29, 0.717) is 10.6 Å². The molecule has 5 rings (SSSR count). The van der Waals surface area contributed by atoms with Crippen molar-refractivity contribution in [2.45, 2.75) is 0 Å². The second kappa shape index (κ2) is 9.41. The number of amides is 1. The number of halogens is 1. The Balaban J connectivity index is 1.33. The number of thiazole rings is 1. The summed E-state index contributed by atoms with van der Waals surface area (Å²) < 4.78 is 0. The molecule has 0 spiro atoms. The van der Waals surface area contributed by atoms with Crippen LogP contribution in [0.4, 0.5) is 5.69 Å². The molecule has 0 bridgehead atoms. The second-order valence-corrected chi connectivity index (χ2v) is 8.76. The van der Waals surface area contributed by atoms with Crippen LogP contribution in [0, 0.1) is 0 Å². The van der Waals surface area contributed by atoms with E-state index in [-0.39, 0.29) is 5.91 Å². The average molecular weight is 467 g/mol. The van der Waals surface area contributed by atoms with Crippen LogP contribution in [0.3, 0.4) is 0 Å². The molecular formula is C28H19ClN2OS. The zero-order valence-electron chi connectivity index (χ0n) is 17.5. The van der Waals surface area contributed by atoms with Crippen LogP contribution in [0.15, 0.2) is 109 Å². The Morgan fingerprint density at radius 2 is 1.45 bits per heavy atom. The molecule has 1 aromatic heterocycles. The summed E-state index contributed by atoms with van der Waals surface area (Å²) in [5, 5.41) is 6.54. The molecule has 0 aliphatic heterocycles. The molecule has 0 atom stereocenters. The van der Waals surface area contributed by atoms with E-state index in [0.717, 1.165) is 38.6 Å². The minimum atomic E-state index is -0.151.